The van der Waals surface area contributed by atoms with Crippen LogP contribution < -0.4 is 37.6 Å². The van der Waals surface area contributed by atoms with Gasteiger partial charge in [0.1, 0.15) is 30.2 Å². The minimum Gasteiger partial charge on any atom is -0.481 e. The van der Waals surface area contributed by atoms with Gasteiger partial charge in [-0.3, -0.25) is 38.4 Å². The van der Waals surface area contributed by atoms with Crippen molar-refractivity contribution in [1.82, 2.24) is 36.9 Å². The van der Waals surface area contributed by atoms with E-state index in [9.17, 15) is 63.6 Å². The predicted octanol–water partition coefficient (Wildman–Crippen LogP) is -2.69. The molecule has 0 saturated carbocycles. The largest absolute Gasteiger partial charge is 0.481 e. The van der Waals surface area contributed by atoms with Crippen LogP contribution in [0.4, 0.5) is 0 Å². The number of H-pyrrole nitrogens is 1. The van der Waals surface area contributed by atoms with Crippen molar-refractivity contribution in [3.63, 3.8) is 0 Å². The van der Waals surface area contributed by atoms with Gasteiger partial charge >= 0.3 is 17.9 Å². The molecule has 13 N–H and O–H groups in total. The van der Waals surface area contributed by atoms with E-state index in [1.807, 2.05) is 0 Å². The van der Waals surface area contributed by atoms with Crippen LogP contribution in [-0.2, 0) is 49.6 Å². The van der Waals surface area contributed by atoms with E-state index in [2.05, 4.69) is 36.9 Å². The summed E-state index contributed by atoms with van der Waals surface area (Å²) in [5.74, 6) is -11.3. The van der Waals surface area contributed by atoms with E-state index < -0.39 is 128 Å². The summed E-state index contributed by atoms with van der Waals surface area (Å²) >= 11 is 0. The van der Waals surface area contributed by atoms with Crippen LogP contribution in [0.1, 0.15) is 52.5 Å². The number of aliphatic carboxylic acids is 3. The number of aromatic amines is 1. The molecule has 0 aliphatic rings. The average molecular weight is 791 g/mol. The molecule has 1 aromatic carbocycles. The zero-order valence-corrected chi connectivity index (χ0v) is 31.3. The molecule has 21 nitrogen and oxygen atoms in total. The van der Waals surface area contributed by atoms with E-state index in [1.165, 1.54) is 13.8 Å². The van der Waals surface area contributed by atoms with Gasteiger partial charge in [-0.2, -0.15) is 0 Å². The highest BCUT2D eigenvalue weighted by Gasteiger charge is 2.35. The number of hydrogen-bond donors (Lipinski definition) is 12. The van der Waals surface area contributed by atoms with E-state index in [1.54, 1.807) is 44.3 Å². The van der Waals surface area contributed by atoms with Gasteiger partial charge in [-0.15, -0.1) is 0 Å². The second kappa shape index (κ2) is 21.7. The summed E-state index contributed by atoms with van der Waals surface area (Å²) in [6, 6.07) is -2.03. The molecule has 0 aliphatic carbocycles. The number of carbonyl (C=O) groups is 9. The van der Waals surface area contributed by atoms with Crippen molar-refractivity contribution in [3.05, 3.63) is 36.0 Å². The number of carbonyl (C=O) groups excluding carboxylic acids is 6. The van der Waals surface area contributed by atoms with Crippen LogP contribution in [0.25, 0.3) is 10.9 Å². The summed E-state index contributed by atoms with van der Waals surface area (Å²) < 4.78 is 0. The Labute approximate surface area is 320 Å². The van der Waals surface area contributed by atoms with E-state index in [-0.39, 0.29) is 12.3 Å². The molecule has 2 aromatic rings. The second-order valence-corrected chi connectivity index (χ2v) is 13.6. The first kappa shape index (κ1) is 46.1. The Balaban J connectivity index is 2.31. The van der Waals surface area contributed by atoms with Gasteiger partial charge in [0.25, 0.3) is 0 Å². The molecule has 0 bridgehead atoms. The fraction of sp³-hybridized carbons (Fsp3) is 0.514. The molecule has 308 valence electrons. The standard InChI is InChI=1S/C35H50N8O13/c1-16(2)28(36)33(53)38-14-25(45)39-21(9-10-26(46)47)30(50)40-23(12-27(48)49)32(52)43-29(17(3)4)34(54)41-22(31(51)42-24(15-44)35(55)56)11-18-13-37-20-8-6-5-7-19(18)20/h5-8,13,16-17,21-24,28-29,37,44H,9-12,14-15,36H2,1-4H3,(H,38,53)(H,39,45)(H,40,50)(H,41,54)(H,42,51)(H,43,52)(H,46,47)(H,48,49)(H,55,56)/t21-,22-,23-,24-,28-,29-/m0/s1. The zero-order chi connectivity index (χ0) is 42.3. The number of nitrogens with two attached hydrogens (primary N) is 1. The number of aliphatic hydroxyl groups is 1. The van der Waals surface area contributed by atoms with Crippen LogP contribution in [0.15, 0.2) is 30.5 Å². The van der Waals surface area contributed by atoms with Gasteiger partial charge in [0.05, 0.1) is 25.6 Å². The first-order valence-electron chi connectivity index (χ1n) is 17.6. The second-order valence-electron chi connectivity index (χ2n) is 13.6. The van der Waals surface area contributed by atoms with E-state index >= 15 is 0 Å². The topological polar surface area (TPSA) is 349 Å². The smallest absolute Gasteiger partial charge is 0.328 e. The number of fused-ring (bicyclic) bond motifs is 1. The Morgan fingerprint density at radius 2 is 1.29 bits per heavy atom. The Hall–Kier alpha value is -6.09. The minimum atomic E-state index is -1.87. The van der Waals surface area contributed by atoms with Crippen LogP contribution in [0.3, 0.4) is 0 Å². The summed E-state index contributed by atoms with van der Waals surface area (Å²) in [4.78, 5) is 116. The quantitative estimate of drug-likeness (QED) is 0.0546. The molecule has 6 atom stereocenters. The lowest BCUT2D eigenvalue weighted by molar-refractivity contribution is -0.143. The first-order chi connectivity index (χ1) is 26.2. The number of amides is 6. The van der Waals surface area contributed by atoms with Gasteiger partial charge in [0.2, 0.25) is 35.4 Å². The number of rotatable bonds is 23. The fourth-order valence-electron chi connectivity index (χ4n) is 5.26. The Morgan fingerprint density at radius 1 is 0.696 bits per heavy atom. The molecule has 0 spiro atoms. The highest BCUT2D eigenvalue weighted by Crippen LogP contribution is 2.19. The third-order valence-electron chi connectivity index (χ3n) is 8.53. The molecule has 0 aliphatic heterocycles. The number of carboxylic acid groups (broad SMARTS) is 3. The van der Waals surface area contributed by atoms with Crippen LogP contribution in [0, 0.1) is 11.8 Å². The van der Waals surface area contributed by atoms with Gasteiger partial charge in [0, 0.05) is 29.9 Å². The first-order valence-corrected chi connectivity index (χ1v) is 17.6. The third-order valence-corrected chi connectivity index (χ3v) is 8.53. The van der Waals surface area contributed by atoms with Crippen molar-refractivity contribution in [2.75, 3.05) is 13.2 Å². The number of hydrogen-bond acceptors (Lipinski definition) is 11. The number of aliphatic hydroxyl groups excluding tert-OH is 1. The molecule has 1 aromatic heterocycles. The van der Waals surface area contributed by atoms with Gasteiger partial charge < -0.3 is 63.0 Å². The minimum absolute atomic E-state index is 0.173. The lowest BCUT2D eigenvalue weighted by Crippen LogP contribution is -2.60. The maximum absolute atomic E-state index is 13.7. The van der Waals surface area contributed by atoms with Crippen molar-refractivity contribution in [2.45, 2.75) is 89.6 Å². The molecule has 2 rings (SSSR count). The van der Waals surface area contributed by atoms with Gasteiger partial charge in [-0.1, -0.05) is 45.9 Å². The average Bonchev–Trinajstić information content (AvgIpc) is 3.54. The van der Waals surface area contributed by atoms with Crippen molar-refractivity contribution in [2.24, 2.45) is 17.6 Å². The number of para-hydroxylation sites is 1. The molecule has 0 fully saturated rings. The molecular weight excluding hydrogens is 740 g/mol. The molecular formula is C35H50N8O13. The highest BCUT2D eigenvalue weighted by atomic mass is 16.4. The summed E-state index contributed by atoms with van der Waals surface area (Å²) in [5.41, 5.74) is 7.01. The van der Waals surface area contributed by atoms with E-state index in [4.69, 9.17) is 5.73 Å². The van der Waals surface area contributed by atoms with Crippen LogP contribution in [0.5, 0.6) is 0 Å². The van der Waals surface area contributed by atoms with Crippen LogP contribution >= 0.6 is 0 Å². The van der Waals surface area contributed by atoms with Crippen LogP contribution in [-0.4, -0.2) is 128 Å². The summed E-state index contributed by atoms with van der Waals surface area (Å²) in [5, 5.41) is 52.0. The van der Waals surface area contributed by atoms with Crippen molar-refractivity contribution in [3.8, 4) is 0 Å². The monoisotopic (exact) mass is 790 g/mol. The van der Waals surface area contributed by atoms with Gasteiger partial charge in [0.15, 0.2) is 0 Å². The summed E-state index contributed by atoms with van der Waals surface area (Å²) in [6.45, 7) is 4.78. The lowest BCUT2D eigenvalue weighted by Gasteiger charge is -2.28. The number of carboxylic acids is 3. The number of nitrogens with one attached hydrogen (secondary N) is 7. The highest BCUT2D eigenvalue weighted by molar-refractivity contribution is 5.98. The maximum atomic E-state index is 13.7. The number of aromatic nitrogens is 1. The van der Waals surface area contributed by atoms with Gasteiger partial charge in [-0.05, 0) is 29.9 Å². The normalized spacial score (nSPS) is 14.4. The predicted molar refractivity (Wildman–Crippen MR) is 196 cm³/mol. The Morgan fingerprint density at radius 3 is 1.86 bits per heavy atom. The Kier molecular flexibility index (Phi) is 17.9. The molecule has 6 amide bonds. The Bertz CT molecular complexity index is 1760. The zero-order valence-electron chi connectivity index (χ0n) is 31.3. The molecule has 21 heteroatoms. The van der Waals surface area contributed by atoms with Crippen molar-refractivity contribution >= 4 is 64.3 Å². The summed E-state index contributed by atoms with van der Waals surface area (Å²) in [7, 11) is 0. The van der Waals surface area contributed by atoms with E-state index in [0.717, 1.165) is 0 Å². The van der Waals surface area contributed by atoms with Crippen molar-refractivity contribution < 1.29 is 63.6 Å². The van der Waals surface area contributed by atoms with E-state index in [0.29, 0.717) is 16.5 Å². The fourth-order valence-corrected chi connectivity index (χ4v) is 5.26. The number of benzene rings is 1. The van der Waals surface area contributed by atoms with Crippen LogP contribution in [0.2, 0.25) is 0 Å². The third kappa shape index (κ3) is 14.3. The van der Waals surface area contributed by atoms with Crippen molar-refractivity contribution in [1.29, 1.82) is 0 Å². The molecule has 0 unspecified atom stereocenters. The molecule has 56 heavy (non-hydrogen) atoms. The SMILES string of the molecule is CC(C)[C@H](N)C(=O)NCC(=O)N[C@@H](CCC(=O)O)C(=O)N[C@@H](CC(=O)O)C(=O)N[C@H](C(=O)N[C@@H](Cc1c[nH]c2ccccc12)C(=O)N[C@@H](CO)C(=O)O)C(C)C. The maximum Gasteiger partial charge on any atom is 0.328 e. The van der Waals surface area contributed by atoms with Gasteiger partial charge in [-0.25, -0.2) is 4.79 Å². The lowest BCUT2D eigenvalue weighted by atomic mass is 9.99. The molecule has 1 heterocycles. The molecule has 0 saturated heterocycles. The summed E-state index contributed by atoms with van der Waals surface area (Å²) in [6.07, 6.45) is -0.733. The molecule has 0 radical (unpaired) electrons.